The number of para-hydroxylation sites is 2. The Morgan fingerprint density at radius 1 is 0.512 bits per heavy atom. The average molecular weight is 617 g/mol. The lowest BCUT2D eigenvalue weighted by Crippen LogP contribution is -2.10. The number of hydrogen-bond donors (Lipinski definition) is 5. The van der Waals surface area contributed by atoms with Gasteiger partial charge < -0.3 is 16.0 Å². The van der Waals surface area contributed by atoms with Gasteiger partial charge in [0.2, 0.25) is 17.8 Å². The first-order valence-corrected chi connectivity index (χ1v) is 15.5. The van der Waals surface area contributed by atoms with Gasteiger partial charge in [0.25, 0.3) is 20.2 Å². The molecule has 1 heterocycles. The Kier molecular flexibility index (Phi) is 8.45. The van der Waals surface area contributed by atoms with E-state index in [0.29, 0.717) is 11.4 Å². The summed E-state index contributed by atoms with van der Waals surface area (Å²) < 4.78 is 68.5. The zero-order valence-corrected chi connectivity index (χ0v) is 23.8. The van der Waals surface area contributed by atoms with Gasteiger partial charge in [0.15, 0.2) is 0 Å². The lowest BCUT2D eigenvalue weighted by atomic mass is 10.1. The molecule has 0 spiro atoms. The Labute approximate surface area is 247 Å². The molecule has 218 valence electrons. The van der Waals surface area contributed by atoms with Crippen LogP contribution in [0.5, 0.6) is 0 Å². The summed E-state index contributed by atoms with van der Waals surface area (Å²) in [5.74, 6) is 0.247. The van der Waals surface area contributed by atoms with E-state index >= 15 is 0 Å². The second-order valence-corrected chi connectivity index (χ2v) is 11.7. The number of nitrogens with one attached hydrogen (secondary N) is 3. The third-order valence-electron chi connectivity index (χ3n) is 5.88. The van der Waals surface area contributed by atoms with Crippen molar-refractivity contribution in [3.05, 3.63) is 114 Å². The summed E-state index contributed by atoms with van der Waals surface area (Å²) in [5, 5.41) is 9.01. The van der Waals surface area contributed by atoms with Crippen molar-refractivity contribution in [3.8, 4) is 0 Å². The zero-order chi connectivity index (χ0) is 30.5. The van der Waals surface area contributed by atoms with Crippen LogP contribution in [0.25, 0.3) is 12.2 Å². The fraction of sp³-hybridized carbons (Fsp3) is 0. The predicted octanol–water partition coefficient (Wildman–Crippen LogP) is 5.77. The third kappa shape index (κ3) is 7.58. The number of hydrogen-bond acceptors (Lipinski definition) is 10. The van der Waals surface area contributed by atoms with Crippen molar-refractivity contribution in [3.63, 3.8) is 0 Å². The minimum absolute atomic E-state index is 0.0250. The molecular weight excluding hydrogens is 592 g/mol. The van der Waals surface area contributed by atoms with Crippen molar-refractivity contribution >= 4 is 67.3 Å². The van der Waals surface area contributed by atoms with Gasteiger partial charge in [-0.1, -0.05) is 78.9 Å². The van der Waals surface area contributed by atoms with Gasteiger partial charge in [-0.05, 0) is 47.5 Å². The molecule has 0 atom stereocenters. The molecule has 0 bridgehead atoms. The molecule has 0 amide bonds. The van der Waals surface area contributed by atoms with Crippen molar-refractivity contribution < 1.29 is 25.9 Å². The molecule has 5 N–H and O–H groups in total. The van der Waals surface area contributed by atoms with Crippen molar-refractivity contribution in [1.82, 2.24) is 15.0 Å². The highest BCUT2D eigenvalue weighted by atomic mass is 32.2. The molecule has 5 rings (SSSR count). The van der Waals surface area contributed by atoms with E-state index in [1.54, 1.807) is 6.07 Å². The predicted molar refractivity (Wildman–Crippen MR) is 164 cm³/mol. The van der Waals surface area contributed by atoms with Gasteiger partial charge in [-0.15, -0.1) is 0 Å². The van der Waals surface area contributed by atoms with Gasteiger partial charge in [-0.25, -0.2) is 0 Å². The van der Waals surface area contributed by atoms with Crippen LogP contribution in [0.1, 0.15) is 11.1 Å². The van der Waals surface area contributed by atoms with Crippen molar-refractivity contribution in [2.24, 2.45) is 0 Å². The molecule has 12 nitrogen and oxygen atoms in total. The molecule has 14 heteroatoms. The highest BCUT2D eigenvalue weighted by Crippen LogP contribution is 2.30. The average Bonchev–Trinajstić information content (AvgIpc) is 2.96. The summed E-state index contributed by atoms with van der Waals surface area (Å²) in [6, 6.07) is 28.3. The van der Waals surface area contributed by atoms with Gasteiger partial charge in [-0.3, -0.25) is 9.11 Å². The maximum atomic E-state index is 12.6. The molecule has 0 aliphatic heterocycles. The zero-order valence-electron chi connectivity index (χ0n) is 22.2. The topological polar surface area (TPSA) is 183 Å². The Morgan fingerprint density at radius 3 is 1.51 bits per heavy atom. The number of nitrogens with zero attached hydrogens (tertiary/aromatic N) is 3. The van der Waals surface area contributed by atoms with E-state index in [1.807, 2.05) is 60.7 Å². The van der Waals surface area contributed by atoms with Gasteiger partial charge in [0.1, 0.15) is 9.79 Å². The van der Waals surface area contributed by atoms with E-state index in [9.17, 15) is 25.9 Å². The SMILES string of the molecule is O=S(=O)(O)c1ccccc1C=Cc1cccc(Nc2nc(Nc3ccccc3)nc(Nc3ccccc3)n2)c1S(=O)(=O)O. The van der Waals surface area contributed by atoms with Crippen LogP contribution in [-0.4, -0.2) is 40.9 Å². The van der Waals surface area contributed by atoms with Crippen LogP contribution in [0, 0.1) is 0 Å². The van der Waals surface area contributed by atoms with Crippen LogP contribution >= 0.6 is 0 Å². The summed E-state index contributed by atoms with van der Waals surface area (Å²) >= 11 is 0. The lowest BCUT2D eigenvalue weighted by Gasteiger charge is -2.14. The Morgan fingerprint density at radius 2 is 0.977 bits per heavy atom. The fourth-order valence-corrected chi connectivity index (χ4v) is 5.59. The van der Waals surface area contributed by atoms with Gasteiger partial charge >= 0.3 is 0 Å². The molecule has 0 aliphatic rings. The van der Waals surface area contributed by atoms with Crippen LogP contribution in [0.3, 0.4) is 0 Å². The summed E-state index contributed by atoms with van der Waals surface area (Å²) in [5.41, 5.74) is 1.46. The molecule has 4 aromatic carbocycles. The van der Waals surface area contributed by atoms with Crippen LogP contribution in [0.4, 0.5) is 34.9 Å². The highest BCUT2D eigenvalue weighted by molar-refractivity contribution is 7.86. The van der Waals surface area contributed by atoms with E-state index in [0.717, 1.165) is 0 Å². The number of aromatic nitrogens is 3. The van der Waals surface area contributed by atoms with Crippen LogP contribution in [0.15, 0.2) is 113 Å². The van der Waals surface area contributed by atoms with Crippen LogP contribution < -0.4 is 16.0 Å². The molecule has 1 aromatic heterocycles. The van der Waals surface area contributed by atoms with E-state index in [1.165, 1.54) is 48.6 Å². The first-order chi connectivity index (χ1) is 20.6. The highest BCUT2D eigenvalue weighted by Gasteiger charge is 2.21. The number of benzene rings is 4. The first kappa shape index (κ1) is 29.3. The first-order valence-electron chi connectivity index (χ1n) is 12.6. The minimum Gasteiger partial charge on any atom is -0.324 e. The molecule has 0 fully saturated rings. The number of anilines is 6. The lowest BCUT2D eigenvalue weighted by molar-refractivity contribution is 0.481. The summed E-state index contributed by atoms with van der Waals surface area (Å²) in [6.45, 7) is 0. The fourth-order valence-electron chi connectivity index (χ4n) is 4.07. The standard InChI is InChI=1S/C29H24N6O6S2/c36-42(37,38)25-17-8-7-10-20(25)18-19-21-11-9-16-24(26(21)43(39,40)41)32-29-34-27(30-22-12-3-1-4-13-22)33-28(35-29)31-23-14-5-2-6-15-23/h1-19H,(H,36,37,38)(H,39,40,41)(H3,30,31,32,33,34,35). The molecule has 43 heavy (non-hydrogen) atoms. The Hall–Kier alpha value is -5.15. The molecule has 0 aliphatic carbocycles. The quantitative estimate of drug-likeness (QED) is 0.0945. The monoisotopic (exact) mass is 616 g/mol. The molecule has 5 aromatic rings. The molecular formula is C29H24N6O6S2. The van der Waals surface area contributed by atoms with Crippen molar-refractivity contribution in [2.45, 2.75) is 9.79 Å². The summed E-state index contributed by atoms with van der Waals surface area (Å²) in [6.07, 6.45) is 2.61. The van der Waals surface area contributed by atoms with Crippen molar-refractivity contribution in [1.29, 1.82) is 0 Å². The Balaban J connectivity index is 1.55. The Bertz CT molecular complexity index is 1950. The van der Waals surface area contributed by atoms with Gasteiger partial charge in [0, 0.05) is 11.4 Å². The molecule has 0 saturated carbocycles. The second kappa shape index (κ2) is 12.4. The smallest absolute Gasteiger partial charge is 0.297 e. The molecule has 0 radical (unpaired) electrons. The van der Waals surface area contributed by atoms with E-state index in [-0.39, 0.29) is 39.6 Å². The van der Waals surface area contributed by atoms with Gasteiger partial charge in [0.05, 0.1) is 5.69 Å². The summed E-state index contributed by atoms with van der Waals surface area (Å²) in [7, 11) is -9.37. The van der Waals surface area contributed by atoms with E-state index in [2.05, 4.69) is 30.9 Å². The van der Waals surface area contributed by atoms with Crippen LogP contribution in [-0.2, 0) is 20.2 Å². The molecule has 0 saturated heterocycles. The van der Waals surface area contributed by atoms with Gasteiger partial charge in [-0.2, -0.15) is 31.8 Å². The minimum atomic E-state index is -4.83. The van der Waals surface area contributed by atoms with E-state index < -0.39 is 25.1 Å². The van der Waals surface area contributed by atoms with Crippen molar-refractivity contribution in [2.75, 3.05) is 16.0 Å². The third-order valence-corrected chi connectivity index (χ3v) is 7.78. The summed E-state index contributed by atoms with van der Waals surface area (Å²) in [4.78, 5) is 12.3. The number of rotatable bonds is 10. The largest absolute Gasteiger partial charge is 0.324 e. The molecule has 0 unspecified atom stereocenters. The maximum Gasteiger partial charge on any atom is 0.297 e. The van der Waals surface area contributed by atoms with E-state index in [4.69, 9.17) is 0 Å². The van der Waals surface area contributed by atoms with Crippen LogP contribution in [0.2, 0.25) is 0 Å². The second-order valence-electron chi connectivity index (χ2n) is 8.96. The maximum absolute atomic E-state index is 12.6. The normalized spacial score (nSPS) is 11.8.